The molecule has 3 rings (SSSR count). The molecule has 4 atom stereocenters. The number of fused-ring (bicyclic) bond motifs is 4. The van der Waals surface area contributed by atoms with Crippen molar-refractivity contribution in [3.63, 3.8) is 0 Å². The molecule has 4 unspecified atom stereocenters. The Labute approximate surface area is 87.4 Å². The van der Waals surface area contributed by atoms with Gasteiger partial charge in [0.25, 0.3) is 0 Å². The smallest absolute Gasteiger partial charge is 0.312 e. The second kappa shape index (κ2) is 2.72. The van der Waals surface area contributed by atoms with Crippen LogP contribution in [0.2, 0.25) is 0 Å². The van der Waals surface area contributed by atoms with Crippen molar-refractivity contribution in [1.29, 1.82) is 0 Å². The molecule has 2 bridgehead atoms. The Morgan fingerprint density at radius 2 is 2.33 bits per heavy atom. The van der Waals surface area contributed by atoms with Crippen molar-refractivity contribution in [1.82, 2.24) is 10.2 Å². The maximum absolute atomic E-state index is 11.5. The van der Waals surface area contributed by atoms with Crippen LogP contribution in [-0.2, 0) is 9.59 Å². The third kappa shape index (κ3) is 1.01. The molecule has 0 aromatic rings. The summed E-state index contributed by atoms with van der Waals surface area (Å²) in [6.45, 7) is 2.53. The van der Waals surface area contributed by atoms with E-state index in [9.17, 15) is 14.7 Å². The van der Waals surface area contributed by atoms with Crippen molar-refractivity contribution in [2.45, 2.75) is 18.9 Å². The van der Waals surface area contributed by atoms with E-state index in [4.69, 9.17) is 0 Å². The first-order chi connectivity index (χ1) is 7.13. The first-order valence-corrected chi connectivity index (χ1v) is 5.38. The average molecular weight is 210 g/mol. The summed E-state index contributed by atoms with van der Waals surface area (Å²) < 4.78 is 0. The molecule has 2 N–H and O–H groups in total. The predicted octanol–water partition coefficient (Wildman–Crippen LogP) is -0.719. The molecule has 0 aromatic carbocycles. The molecule has 3 saturated heterocycles. The molecule has 0 radical (unpaired) electrons. The van der Waals surface area contributed by atoms with Crippen molar-refractivity contribution in [3.05, 3.63) is 0 Å². The Hall–Kier alpha value is -1.10. The second-order valence-corrected chi connectivity index (χ2v) is 4.89. The number of aliphatic carboxylic acids is 1. The number of hydrogen-bond donors (Lipinski definition) is 2. The van der Waals surface area contributed by atoms with Gasteiger partial charge in [0.05, 0.1) is 6.04 Å². The van der Waals surface area contributed by atoms with Crippen molar-refractivity contribution >= 4 is 11.9 Å². The largest absolute Gasteiger partial charge is 0.481 e. The summed E-state index contributed by atoms with van der Waals surface area (Å²) in [4.78, 5) is 25.1. The molecule has 82 valence electrons. The van der Waals surface area contributed by atoms with E-state index in [1.54, 1.807) is 0 Å². The molecule has 0 saturated carbocycles. The highest BCUT2D eigenvalue weighted by molar-refractivity contribution is 5.90. The lowest BCUT2D eigenvalue weighted by Crippen LogP contribution is -2.56. The van der Waals surface area contributed by atoms with Gasteiger partial charge in [-0.05, 0) is 18.9 Å². The van der Waals surface area contributed by atoms with Crippen LogP contribution < -0.4 is 5.32 Å². The normalized spacial score (nSPS) is 47.5. The molecule has 0 aliphatic carbocycles. The SMILES string of the molecule is O=C1CC2(C(=O)O)C3CCN(C3)CC2N1. The lowest BCUT2D eigenvalue weighted by Gasteiger charge is -2.40. The van der Waals surface area contributed by atoms with E-state index < -0.39 is 11.4 Å². The molecule has 15 heavy (non-hydrogen) atoms. The summed E-state index contributed by atoms with van der Waals surface area (Å²) in [6, 6.07) is -0.177. The fraction of sp³-hybridized carbons (Fsp3) is 0.800. The fourth-order valence-electron chi connectivity index (χ4n) is 3.48. The summed E-state index contributed by atoms with van der Waals surface area (Å²) in [6.07, 6.45) is 1.09. The van der Waals surface area contributed by atoms with Gasteiger partial charge < -0.3 is 15.3 Å². The standard InChI is InChI=1S/C10H14N2O3/c13-8-3-10(9(14)15)6-1-2-12(4-6)5-7(10)11-8/h6-7H,1-5H2,(H,11,13)(H,14,15). The van der Waals surface area contributed by atoms with Gasteiger partial charge in [0.15, 0.2) is 0 Å². The summed E-state index contributed by atoms with van der Waals surface area (Å²) in [7, 11) is 0. The van der Waals surface area contributed by atoms with E-state index in [-0.39, 0.29) is 24.3 Å². The zero-order valence-corrected chi connectivity index (χ0v) is 8.40. The quantitative estimate of drug-likeness (QED) is 0.599. The first-order valence-electron chi connectivity index (χ1n) is 5.38. The molecular formula is C10H14N2O3. The predicted molar refractivity (Wildman–Crippen MR) is 51.2 cm³/mol. The lowest BCUT2D eigenvalue weighted by atomic mass is 9.68. The van der Waals surface area contributed by atoms with Gasteiger partial charge in [0.2, 0.25) is 5.91 Å². The van der Waals surface area contributed by atoms with Crippen LogP contribution in [0.4, 0.5) is 0 Å². The van der Waals surface area contributed by atoms with Crippen molar-refractivity contribution in [3.8, 4) is 0 Å². The van der Waals surface area contributed by atoms with E-state index in [0.717, 1.165) is 19.5 Å². The molecule has 1 amide bonds. The van der Waals surface area contributed by atoms with E-state index in [1.807, 2.05) is 0 Å². The number of hydrogen-bond acceptors (Lipinski definition) is 3. The van der Waals surface area contributed by atoms with E-state index in [2.05, 4.69) is 10.2 Å². The third-order valence-corrected chi connectivity index (χ3v) is 4.25. The molecule has 3 aliphatic rings. The summed E-state index contributed by atoms with van der Waals surface area (Å²) >= 11 is 0. The van der Waals surface area contributed by atoms with Gasteiger partial charge in [-0.2, -0.15) is 0 Å². The van der Waals surface area contributed by atoms with Gasteiger partial charge in [-0.1, -0.05) is 0 Å². The zero-order valence-electron chi connectivity index (χ0n) is 8.40. The highest BCUT2D eigenvalue weighted by atomic mass is 16.4. The van der Waals surface area contributed by atoms with Crippen LogP contribution in [-0.4, -0.2) is 47.6 Å². The number of carbonyl (C=O) groups is 2. The van der Waals surface area contributed by atoms with Crippen LogP contribution in [0.5, 0.6) is 0 Å². The van der Waals surface area contributed by atoms with Gasteiger partial charge in [0, 0.05) is 19.5 Å². The Morgan fingerprint density at radius 3 is 3.07 bits per heavy atom. The minimum atomic E-state index is -0.815. The molecule has 0 spiro atoms. The minimum absolute atomic E-state index is 0.101. The van der Waals surface area contributed by atoms with E-state index in [0.29, 0.717) is 6.54 Å². The number of nitrogens with zero attached hydrogens (tertiary/aromatic N) is 1. The minimum Gasteiger partial charge on any atom is -0.481 e. The van der Waals surface area contributed by atoms with Crippen LogP contribution in [0.3, 0.4) is 0 Å². The van der Waals surface area contributed by atoms with Crippen LogP contribution >= 0.6 is 0 Å². The van der Waals surface area contributed by atoms with Crippen LogP contribution in [0.1, 0.15) is 12.8 Å². The van der Waals surface area contributed by atoms with Crippen molar-refractivity contribution in [2.75, 3.05) is 19.6 Å². The molecule has 5 heteroatoms. The van der Waals surface area contributed by atoms with Gasteiger partial charge in [-0.15, -0.1) is 0 Å². The van der Waals surface area contributed by atoms with Crippen molar-refractivity contribution in [2.24, 2.45) is 11.3 Å². The first kappa shape index (κ1) is 9.15. The van der Waals surface area contributed by atoms with Gasteiger partial charge >= 0.3 is 5.97 Å². The topological polar surface area (TPSA) is 69.6 Å². The van der Waals surface area contributed by atoms with Gasteiger partial charge in [0.1, 0.15) is 5.41 Å². The fourth-order valence-corrected chi connectivity index (χ4v) is 3.48. The number of rotatable bonds is 1. The number of piperidine rings is 1. The number of nitrogens with one attached hydrogen (secondary N) is 1. The Balaban J connectivity index is 2.04. The summed E-state index contributed by atoms with van der Waals surface area (Å²) in [5, 5.41) is 12.2. The summed E-state index contributed by atoms with van der Waals surface area (Å²) in [5.41, 5.74) is -0.815. The second-order valence-electron chi connectivity index (χ2n) is 4.89. The maximum atomic E-state index is 11.5. The summed E-state index contributed by atoms with van der Waals surface area (Å²) in [5.74, 6) is -0.749. The van der Waals surface area contributed by atoms with E-state index >= 15 is 0 Å². The van der Waals surface area contributed by atoms with Gasteiger partial charge in [-0.25, -0.2) is 0 Å². The lowest BCUT2D eigenvalue weighted by molar-refractivity contribution is -0.155. The van der Waals surface area contributed by atoms with Crippen LogP contribution in [0.25, 0.3) is 0 Å². The zero-order chi connectivity index (χ0) is 10.6. The van der Waals surface area contributed by atoms with Crippen LogP contribution in [0, 0.1) is 11.3 Å². The maximum Gasteiger partial charge on any atom is 0.312 e. The Kier molecular flexibility index (Phi) is 1.66. The number of carbonyl (C=O) groups excluding carboxylic acids is 1. The van der Waals surface area contributed by atoms with E-state index in [1.165, 1.54) is 0 Å². The highest BCUT2D eigenvalue weighted by Gasteiger charge is 2.61. The molecule has 3 heterocycles. The number of carboxylic acids is 1. The van der Waals surface area contributed by atoms with Crippen LogP contribution in [0.15, 0.2) is 0 Å². The molecule has 3 aliphatic heterocycles. The molecular weight excluding hydrogens is 196 g/mol. The molecule has 5 nitrogen and oxygen atoms in total. The molecule has 3 fully saturated rings. The third-order valence-electron chi connectivity index (χ3n) is 4.25. The number of carboxylic acid groups (broad SMARTS) is 1. The molecule has 0 aromatic heterocycles. The Bertz CT molecular complexity index is 344. The monoisotopic (exact) mass is 210 g/mol. The number of amides is 1. The van der Waals surface area contributed by atoms with Crippen molar-refractivity contribution < 1.29 is 14.7 Å². The highest BCUT2D eigenvalue weighted by Crippen LogP contribution is 2.48. The Morgan fingerprint density at radius 1 is 1.53 bits per heavy atom. The average Bonchev–Trinajstić information content (AvgIpc) is 2.70. The van der Waals surface area contributed by atoms with Gasteiger partial charge in [-0.3, -0.25) is 9.59 Å².